The predicted octanol–water partition coefficient (Wildman–Crippen LogP) is 2.76. The number of amides is 1. The van der Waals surface area contributed by atoms with Crippen LogP contribution in [-0.4, -0.2) is 16.8 Å². The fraction of sp³-hybridized carbons (Fsp3) is 0.462. The monoisotopic (exact) mass is 237 g/mol. The maximum atomic E-state index is 10.7. The van der Waals surface area contributed by atoms with Gasteiger partial charge in [0.15, 0.2) is 0 Å². The van der Waals surface area contributed by atoms with Gasteiger partial charge >= 0.3 is 6.09 Å². The van der Waals surface area contributed by atoms with Gasteiger partial charge in [0.25, 0.3) is 0 Å². The van der Waals surface area contributed by atoms with Crippen LogP contribution in [0.5, 0.6) is 5.75 Å². The van der Waals surface area contributed by atoms with Gasteiger partial charge in [-0.2, -0.15) is 0 Å². The van der Waals surface area contributed by atoms with Crippen LogP contribution in [0.2, 0.25) is 0 Å². The first kappa shape index (κ1) is 13.4. The molecule has 0 spiro atoms. The number of phenolic OH excluding ortho intramolecular Hbond substituents is 1. The Morgan fingerprint density at radius 1 is 1.41 bits per heavy atom. The predicted molar refractivity (Wildman–Crippen MR) is 65.9 cm³/mol. The molecule has 0 aliphatic heterocycles. The molecule has 1 atom stereocenters. The summed E-state index contributed by atoms with van der Waals surface area (Å²) in [5.41, 5.74) is 5.51. The highest BCUT2D eigenvalue weighted by atomic mass is 16.6. The molecular formula is C13H19NO3. The third-order valence-corrected chi connectivity index (χ3v) is 2.64. The van der Waals surface area contributed by atoms with Crippen LogP contribution in [0.15, 0.2) is 24.3 Å². The number of carbonyl (C=O) groups is 1. The summed E-state index contributed by atoms with van der Waals surface area (Å²) in [6, 6.07) is 7.02. The van der Waals surface area contributed by atoms with Crippen molar-refractivity contribution >= 4 is 6.09 Å². The van der Waals surface area contributed by atoms with E-state index in [0.717, 1.165) is 5.56 Å². The number of nitrogens with two attached hydrogens (primary N) is 1. The number of benzene rings is 1. The zero-order valence-corrected chi connectivity index (χ0v) is 10.4. The first-order chi connectivity index (χ1) is 7.80. The molecule has 0 radical (unpaired) electrons. The Kier molecular flexibility index (Phi) is 3.99. The SMILES string of the molecule is CC(CC(C)(C)OC(N)=O)c1ccc(O)cc1. The van der Waals surface area contributed by atoms with E-state index >= 15 is 0 Å². The third-order valence-electron chi connectivity index (χ3n) is 2.64. The Morgan fingerprint density at radius 2 is 1.94 bits per heavy atom. The maximum absolute atomic E-state index is 10.7. The molecule has 0 aromatic heterocycles. The molecule has 94 valence electrons. The first-order valence-corrected chi connectivity index (χ1v) is 5.57. The number of carbonyl (C=O) groups excluding carboxylic acids is 1. The van der Waals surface area contributed by atoms with Gasteiger partial charge in [0.05, 0.1) is 0 Å². The Bertz CT molecular complexity index is 384. The molecule has 4 heteroatoms. The van der Waals surface area contributed by atoms with E-state index in [0.29, 0.717) is 6.42 Å². The fourth-order valence-electron chi connectivity index (χ4n) is 1.97. The Hall–Kier alpha value is -1.71. The van der Waals surface area contributed by atoms with Gasteiger partial charge in [-0.15, -0.1) is 0 Å². The van der Waals surface area contributed by atoms with Gasteiger partial charge in [-0.05, 0) is 43.9 Å². The van der Waals surface area contributed by atoms with E-state index < -0.39 is 11.7 Å². The number of hydrogen-bond acceptors (Lipinski definition) is 3. The Labute approximate surface area is 101 Å². The average molecular weight is 237 g/mol. The molecule has 0 aliphatic rings. The second-order valence-corrected chi connectivity index (χ2v) is 4.88. The zero-order valence-electron chi connectivity index (χ0n) is 10.4. The van der Waals surface area contributed by atoms with Gasteiger partial charge < -0.3 is 15.6 Å². The van der Waals surface area contributed by atoms with Crippen LogP contribution < -0.4 is 5.73 Å². The fourth-order valence-corrected chi connectivity index (χ4v) is 1.97. The second-order valence-electron chi connectivity index (χ2n) is 4.88. The minimum absolute atomic E-state index is 0.213. The number of hydrogen-bond donors (Lipinski definition) is 2. The molecule has 0 saturated heterocycles. The van der Waals surface area contributed by atoms with Crippen molar-refractivity contribution in [1.29, 1.82) is 0 Å². The van der Waals surface area contributed by atoms with E-state index in [9.17, 15) is 9.90 Å². The molecule has 0 bridgehead atoms. The molecule has 0 fully saturated rings. The minimum Gasteiger partial charge on any atom is -0.508 e. The zero-order chi connectivity index (χ0) is 13.1. The Morgan fingerprint density at radius 3 is 2.41 bits per heavy atom. The van der Waals surface area contributed by atoms with E-state index in [1.165, 1.54) is 0 Å². The standard InChI is InChI=1S/C13H19NO3/c1-9(8-13(2,3)17-12(14)16)10-4-6-11(15)7-5-10/h4-7,9,15H,8H2,1-3H3,(H2,14,16). The molecule has 1 aromatic carbocycles. The van der Waals surface area contributed by atoms with Crippen molar-refractivity contribution in [3.05, 3.63) is 29.8 Å². The van der Waals surface area contributed by atoms with Crippen LogP contribution in [-0.2, 0) is 4.74 Å². The highest BCUT2D eigenvalue weighted by molar-refractivity contribution is 5.65. The smallest absolute Gasteiger partial charge is 0.405 e. The topological polar surface area (TPSA) is 72.5 Å². The summed E-state index contributed by atoms with van der Waals surface area (Å²) < 4.78 is 5.04. The molecule has 1 rings (SSSR count). The second kappa shape index (κ2) is 5.08. The number of rotatable bonds is 4. The molecule has 0 aliphatic carbocycles. The summed E-state index contributed by atoms with van der Waals surface area (Å²) in [5, 5.41) is 9.20. The summed E-state index contributed by atoms with van der Waals surface area (Å²) in [5.74, 6) is 0.457. The van der Waals surface area contributed by atoms with Crippen molar-refractivity contribution in [2.24, 2.45) is 5.73 Å². The lowest BCUT2D eigenvalue weighted by molar-refractivity contribution is 0.0349. The summed E-state index contributed by atoms with van der Waals surface area (Å²) in [6.45, 7) is 5.70. The quantitative estimate of drug-likeness (QED) is 0.845. The summed E-state index contributed by atoms with van der Waals surface area (Å²) in [4.78, 5) is 10.7. The number of ether oxygens (including phenoxy) is 1. The summed E-state index contributed by atoms with van der Waals surface area (Å²) >= 11 is 0. The van der Waals surface area contributed by atoms with Crippen molar-refractivity contribution in [2.75, 3.05) is 0 Å². The molecule has 3 N–H and O–H groups in total. The summed E-state index contributed by atoms with van der Waals surface area (Å²) in [6.07, 6.45) is -0.0892. The molecule has 0 heterocycles. The lowest BCUT2D eigenvalue weighted by Crippen LogP contribution is -2.32. The maximum Gasteiger partial charge on any atom is 0.405 e. The van der Waals surface area contributed by atoms with Gasteiger partial charge in [-0.1, -0.05) is 19.1 Å². The highest BCUT2D eigenvalue weighted by Crippen LogP contribution is 2.28. The van der Waals surface area contributed by atoms with Gasteiger partial charge in [0.2, 0.25) is 0 Å². The van der Waals surface area contributed by atoms with Gasteiger partial charge in [0.1, 0.15) is 11.4 Å². The number of primary amides is 1. The van der Waals surface area contributed by atoms with Crippen LogP contribution >= 0.6 is 0 Å². The van der Waals surface area contributed by atoms with Crippen molar-refractivity contribution in [1.82, 2.24) is 0 Å². The van der Waals surface area contributed by atoms with E-state index in [4.69, 9.17) is 10.5 Å². The lowest BCUT2D eigenvalue weighted by atomic mass is 9.89. The van der Waals surface area contributed by atoms with Crippen molar-refractivity contribution in [3.8, 4) is 5.75 Å². The molecular weight excluding hydrogens is 218 g/mol. The lowest BCUT2D eigenvalue weighted by Gasteiger charge is -2.27. The normalized spacial score (nSPS) is 13.1. The summed E-state index contributed by atoms with van der Waals surface area (Å²) in [7, 11) is 0. The van der Waals surface area contributed by atoms with E-state index in [1.54, 1.807) is 12.1 Å². The van der Waals surface area contributed by atoms with Gasteiger partial charge in [-0.3, -0.25) is 0 Å². The van der Waals surface area contributed by atoms with Gasteiger partial charge in [-0.25, -0.2) is 4.79 Å². The molecule has 17 heavy (non-hydrogen) atoms. The molecule has 1 amide bonds. The molecule has 0 saturated carbocycles. The van der Waals surface area contributed by atoms with Crippen LogP contribution in [0, 0.1) is 0 Å². The van der Waals surface area contributed by atoms with Gasteiger partial charge in [0, 0.05) is 0 Å². The molecule has 1 aromatic rings. The van der Waals surface area contributed by atoms with Crippen molar-refractivity contribution in [2.45, 2.75) is 38.7 Å². The molecule has 4 nitrogen and oxygen atoms in total. The molecule has 1 unspecified atom stereocenters. The third kappa shape index (κ3) is 4.34. The van der Waals surface area contributed by atoms with Crippen molar-refractivity contribution in [3.63, 3.8) is 0 Å². The van der Waals surface area contributed by atoms with E-state index in [-0.39, 0.29) is 11.7 Å². The van der Waals surface area contributed by atoms with Crippen LogP contribution in [0.4, 0.5) is 4.79 Å². The van der Waals surface area contributed by atoms with Crippen molar-refractivity contribution < 1.29 is 14.6 Å². The Balaban J connectivity index is 2.68. The first-order valence-electron chi connectivity index (χ1n) is 5.57. The van der Waals surface area contributed by atoms with Crippen LogP contribution in [0.1, 0.15) is 38.7 Å². The highest BCUT2D eigenvalue weighted by Gasteiger charge is 2.25. The van der Waals surface area contributed by atoms with E-state index in [1.807, 2.05) is 32.9 Å². The van der Waals surface area contributed by atoms with Crippen LogP contribution in [0.3, 0.4) is 0 Å². The average Bonchev–Trinajstić information content (AvgIpc) is 2.15. The van der Waals surface area contributed by atoms with E-state index in [2.05, 4.69) is 0 Å². The minimum atomic E-state index is -0.757. The largest absolute Gasteiger partial charge is 0.508 e. The number of phenols is 1. The van der Waals surface area contributed by atoms with Crippen LogP contribution in [0.25, 0.3) is 0 Å². The number of aromatic hydroxyl groups is 1.